The molecule has 1 rings (SSSR count). The minimum absolute atomic E-state index is 0.318. The highest BCUT2D eigenvalue weighted by Gasteiger charge is 2.18. The molecule has 0 aromatic heterocycles. The second-order valence-corrected chi connectivity index (χ2v) is 5.75. The molecular formula is C14H28ClN. The van der Waals surface area contributed by atoms with Gasteiger partial charge in [-0.1, -0.05) is 52.4 Å². The SMILES string of the molecule is CCC(CC)C(Cl)CNC1CCCCCC1. The fourth-order valence-corrected chi connectivity index (χ4v) is 3.18. The lowest BCUT2D eigenvalue weighted by molar-refractivity contribution is 0.402. The summed E-state index contributed by atoms with van der Waals surface area (Å²) in [5, 5.41) is 4.00. The Bertz CT molecular complexity index is 158. The smallest absolute Gasteiger partial charge is 0.0488 e. The molecule has 2 heteroatoms. The number of alkyl halides is 1. The molecule has 1 unspecified atom stereocenters. The van der Waals surface area contributed by atoms with E-state index in [2.05, 4.69) is 19.2 Å². The molecule has 1 aliphatic carbocycles. The van der Waals surface area contributed by atoms with Crippen LogP contribution in [0.25, 0.3) is 0 Å². The van der Waals surface area contributed by atoms with Gasteiger partial charge in [0.25, 0.3) is 0 Å². The molecule has 0 aromatic carbocycles. The molecule has 1 fully saturated rings. The summed E-state index contributed by atoms with van der Waals surface area (Å²) in [5.74, 6) is 0.681. The van der Waals surface area contributed by atoms with Crippen molar-refractivity contribution < 1.29 is 0 Å². The highest BCUT2D eigenvalue weighted by molar-refractivity contribution is 6.21. The van der Waals surface area contributed by atoms with E-state index in [-0.39, 0.29) is 0 Å². The third-order valence-corrected chi connectivity index (χ3v) is 4.53. The molecule has 0 bridgehead atoms. The van der Waals surface area contributed by atoms with Crippen LogP contribution >= 0.6 is 11.6 Å². The molecule has 1 N–H and O–H groups in total. The van der Waals surface area contributed by atoms with E-state index in [0.717, 1.165) is 12.6 Å². The zero-order valence-electron chi connectivity index (χ0n) is 11.0. The second-order valence-electron chi connectivity index (χ2n) is 5.19. The molecule has 1 atom stereocenters. The van der Waals surface area contributed by atoms with E-state index in [4.69, 9.17) is 11.6 Å². The van der Waals surface area contributed by atoms with Crippen LogP contribution in [0, 0.1) is 5.92 Å². The average molecular weight is 246 g/mol. The molecule has 0 aliphatic heterocycles. The summed E-state index contributed by atoms with van der Waals surface area (Å²) in [4.78, 5) is 0. The maximum absolute atomic E-state index is 6.44. The Balaban J connectivity index is 2.21. The molecule has 1 aliphatic rings. The highest BCUT2D eigenvalue weighted by Crippen LogP contribution is 2.20. The lowest BCUT2D eigenvalue weighted by atomic mass is 9.98. The normalized spacial score (nSPS) is 21.0. The van der Waals surface area contributed by atoms with Crippen LogP contribution in [0.15, 0.2) is 0 Å². The van der Waals surface area contributed by atoms with E-state index >= 15 is 0 Å². The monoisotopic (exact) mass is 245 g/mol. The number of hydrogen-bond donors (Lipinski definition) is 1. The largest absolute Gasteiger partial charge is 0.313 e. The van der Waals surface area contributed by atoms with Gasteiger partial charge in [0, 0.05) is 18.0 Å². The molecule has 16 heavy (non-hydrogen) atoms. The number of halogens is 1. The predicted molar refractivity (Wildman–Crippen MR) is 73.2 cm³/mol. The molecule has 1 nitrogen and oxygen atoms in total. The van der Waals surface area contributed by atoms with Crippen molar-refractivity contribution in [2.75, 3.05) is 6.54 Å². The highest BCUT2D eigenvalue weighted by atomic mass is 35.5. The van der Waals surface area contributed by atoms with Crippen molar-refractivity contribution in [3.05, 3.63) is 0 Å². The maximum Gasteiger partial charge on any atom is 0.0488 e. The topological polar surface area (TPSA) is 12.0 Å². The van der Waals surface area contributed by atoms with E-state index in [9.17, 15) is 0 Å². The molecule has 0 heterocycles. The maximum atomic E-state index is 6.44. The van der Waals surface area contributed by atoms with Gasteiger partial charge in [0.1, 0.15) is 0 Å². The van der Waals surface area contributed by atoms with Crippen LogP contribution in [-0.4, -0.2) is 18.0 Å². The van der Waals surface area contributed by atoms with Gasteiger partial charge in [-0.2, -0.15) is 0 Å². The lowest BCUT2D eigenvalue weighted by Gasteiger charge is -2.23. The van der Waals surface area contributed by atoms with Gasteiger partial charge in [-0.3, -0.25) is 0 Å². The average Bonchev–Trinajstić information content (AvgIpc) is 2.56. The first kappa shape index (κ1) is 14.3. The van der Waals surface area contributed by atoms with Crippen molar-refractivity contribution in [2.45, 2.75) is 76.6 Å². The minimum Gasteiger partial charge on any atom is -0.313 e. The molecule has 0 radical (unpaired) electrons. The molecule has 96 valence electrons. The van der Waals surface area contributed by atoms with Crippen molar-refractivity contribution in [2.24, 2.45) is 5.92 Å². The predicted octanol–water partition coefficient (Wildman–Crippen LogP) is 4.34. The van der Waals surface area contributed by atoms with Gasteiger partial charge in [-0.05, 0) is 18.8 Å². The third kappa shape index (κ3) is 5.05. The van der Waals surface area contributed by atoms with Gasteiger partial charge in [0.05, 0.1) is 0 Å². The Morgan fingerprint density at radius 3 is 2.12 bits per heavy atom. The Morgan fingerprint density at radius 1 is 1.06 bits per heavy atom. The van der Waals surface area contributed by atoms with Crippen molar-refractivity contribution >= 4 is 11.6 Å². The van der Waals surface area contributed by atoms with Crippen LogP contribution in [0.3, 0.4) is 0 Å². The molecule has 0 saturated heterocycles. The fraction of sp³-hybridized carbons (Fsp3) is 1.00. The van der Waals surface area contributed by atoms with Gasteiger partial charge in [0.15, 0.2) is 0 Å². The fourth-order valence-electron chi connectivity index (χ4n) is 2.73. The summed E-state index contributed by atoms with van der Waals surface area (Å²) in [6.07, 6.45) is 10.8. The summed E-state index contributed by atoms with van der Waals surface area (Å²) < 4.78 is 0. The zero-order chi connectivity index (χ0) is 11.8. The third-order valence-electron chi connectivity index (χ3n) is 4.02. The standard InChI is InChI=1S/C14H28ClN/c1-3-12(4-2)14(15)11-16-13-9-7-5-6-8-10-13/h12-14,16H,3-11H2,1-2H3. The number of hydrogen-bond acceptors (Lipinski definition) is 1. The minimum atomic E-state index is 0.318. The Morgan fingerprint density at radius 2 is 1.62 bits per heavy atom. The molecule has 0 amide bonds. The van der Waals surface area contributed by atoms with Crippen LogP contribution in [0.1, 0.15) is 65.2 Å². The summed E-state index contributed by atoms with van der Waals surface area (Å²) in [5.41, 5.74) is 0. The lowest BCUT2D eigenvalue weighted by Crippen LogP contribution is -2.36. The second kappa shape index (κ2) is 8.36. The van der Waals surface area contributed by atoms with Gasteiger partial charge < -0.3 is 5.32 Å². The summed E-state index contributed by atoms with van der Waals surface area (Å²) in [7, 11) is 0. The van der Waals surface area contributed by atoms with Crippen molar-refractivity contribution in [3.63, 3.8) is 0 Å². The van der Waals surface area contributed by atoms with E-state index in [1.165, 1.54) is 51.4 Å². The van der Waals surface area contributed by atoms with Crippen molar-refractivity contribution in [1.82, 2.24) is 5.32 Å². The zero-order valence-corrected chi connectivity index (χ0v) is 11.7. The van der Waals surface area contributed by atoms with E-state index in [1.54, 1.807) is 0 Å². The molecule has 1 saturated carbocycles. The van der Waals surface area contributed by atoms with Crippen molar-refractivity contribution in [1.29, 1.82) is 0 Å². The first-order valence-electron chi connectivity index (χ1n) is 7.15. The van der Waals surface area contributed by atoms with Crippen LogP contribution < -0.4 is 5.32 Å². The van der Waals surface area contributed by atoms with E-state index in [1.807, 2.05) is 0 Å². The first-order valence-corrected chi connectivity index (χ1v) is 7.59. The molecule has 0 aromatic rings. The van der Waals surface area contributed by atoms with Crippen LogP contribution in [-0.2, 0) is 0 Å². The summed E-state index contributed by atoms with van der Waals surface area (Å²) in [6, 6.07) is 0.734. The Hall–Kier alpha value is 0.250. The van der Waals surface area contributed by atoms with Gasteiger partial charge in [0.2, 0.25) is 0 Å². The summed E-state index contributed by atoms with van der Waals surface area (Å²) in [6.45, 7) is 5.49. The van der Waals surface area contributed by atoms with Gasteiger partial charge in [-0.25, -0.2) is 0 Å². The Kier molecular flexibility index (Phi) is 7.47. The number of nitrogens with one attached hydrogen (secondary N) is 1. The molecule has 0 spiro atoms. The van der Waals surface area contributed by atoms with E-state index in [0.29, 0.717) is 11.3 Å². The quantitative estimate of drug-likeness (QED) is 0.542. The Labute approximate surface area is 106 Å². The van der Waals surface area contributed by atoms with Crippen molar-refractivity contribution in [3.8, 4) is 0 Å². The van der Waals surface area contributed by atoms with Gasteiger partial charge in [-0.15, -0.1) is 11.6 Å². The van der Waals surface area contributed by atoms with Crippen LogP contribution in [0.4, 0.5) is 0 Å². The van der Waals surface area contributed by atoms with Gasteiger partial charge >= 0.3 is 0 Å². The molecular weight excluding hydrogens is 218 g/mol. The first-order chi connectivity index (χ1) is 7.77. The van der Waals surface area contributed by atoms with E-state index < -0.39 is 0 Å². The van der Waals surface area contributed by atoms with Crippen LogP contribution in [0.2, 0.25) is 0 Å². The number of rotatable bonds is 6. The summed E-state index contributed by atoms with van der Waals surface area (Å²) >= 11 is 6.44. The van der Waals surface area contributed by atoms with Crippen LogP contribution in [0.5, 0.6) is 0 Å².